The molecule has 15 heavy (non-hydrogen) atoms. The Balaban J connectivity index is 2.53. The largest absolute Gasteiger partial charge is 0.236 e. The molecule has 0 aromatic carbocycles. The Bertz CT molecular complexity index is 435. The van der Waals surface area contributed by atoms with Crippen molar-refractivity contribution in [2.24, 2.45) is 5.92 Å². The highest BCUT2D eigenvalue weighted by Gasteiger charge is 2.22. The second-order valence-electron chi connectivity index (χ2n) is 3.65. The van der Waals surface area contributed by atoms with Crippen LogP contribution in [0.1, 0.15) is 12.8 Å². The van der Waals surface area contributed by atoms with Crippen LogP contribution >= 0.6 is 10.7 Å². The number of halogens is 1. The van der Waals surface area contributed by atoms with Crippen molar-refractivity contribution >= 4 is 29.6 Å². The molecular weight excluding hydrogens is 260 g/mol. The lowest BCUT2D eigenvalue weighted by Crippen LogP contribution is -2.23. The molecule has 0 saturated carbocycles. The van der Waals surface area contributed by atoms with Crippen molar-refractivity contribution in [2.75, 3.05) is 17.3 Å². The van der Waals surface area contributed by atoms with E-state index in [1.54, 1.807) is 6.08 Å². The van der Waals surface area contributed by atoms with Gasteiger partial charge in [-0.2, -0.15) is 0 Å². The zero-order valence-electron chi connectivity index (χ0n) is 8.10. The van der Waals surface area contributed by atoms with Crippen LogP contribution in [0.25, 0.3) is 0 Å². The predicted molar refractivity (Wildman–Crippen MR) is 60.2 cm³/mol. The molecule has 1 heterocycles. The van der Waals surface area contributed by atoms with Crippen LogP contribution < -0.4 is 0 Å². The van der Waals surface area contributed by atoms with Crippen LogP contribution in [0.15, 0.2) is 12.2 Å². The Morgan fingerprint density at radius 1 is 1.40 bits per heavy atom. The Hall–Kier alpha value is -0.0700. The maximum Gasteiger partial charge on any atom is 0.236 e. The Morgan fingerprint density at radius 3 is 2.60 bits per heavy atom. The molecule has 0 amide bonds. The topological polar surface area (TPSA) is 68.3 Å². The molecule has 1 aliphatic heterocycles. The standard InChI is InChI=1S/C8H13ClO4S2/c9-15(12,13)6-2-4-8-3-1-5-14(10,11)7-8/h2,4,8H,1,3,5-7H2/b4-2+. The summed E-state index contributed by atoms with van der Waals surface area (Å²) in [5.74, 6) is 0.0457. The fraction of sp³-hybridized carbons (Fsp3) is 0.750. The van der Waals surface area contributed by atoms with Gasteiger partial charge in [0.1, 0.15) is 0 Å². The molecule has 1 aliphatic rings. The van der Waals surface area contributed by atoms with Crippen LogP contribution in [0, 0.1) is 5.92 Å². The predicted octanol–water partition coefficient (Wildman–Crippen LogP) is 0.936. The zero-order valence-corrected chi connectivity index (χ0v) is 10.5. The molecule has 1 rings (SSSR count). The fourth-order valence-corrected chi connectivity index (χ4v) is 3.84. The maximum absolute atomic E-state index is 11.2. The lowest BCUT2D eigenvalue weighted by Gasteiger charge is -2.18. The second kappa shape index (κ2) is 4.84. The van der Waals surface area contributed by atoms with E-state index in [-0.39, 0.29) is 23.2 Å². The first-order chi connectivity index (χ1) is 6.79. The third-order valence-corrected chi connectivity index (χ3v) is 5.02. The van der Waals surface area contributed by atoms with Gasteiger partial charge in [-0.05, 0) is 18.8 Å². The molecule has 1 unspecified atom stereocenters. The minimum atomic E-state index is -3.52. The molecule has 1 fully saturated rings. The summed E-state index contributed by atoms with van der Waals surface area (Å²) in [5.41, 5.74) is 0. The first-order valence-electron chi connectivity index (χ1n) is 4.58. The highest BCUT2D eigenvalue weighted by Crippen LogP contribution is 2.19. The Labute approximate surface area is 94.7 Å². The van der Waals surface area contributed by atoms with Gasteiger partial charge in [0.05, 0.1) is 17.3 Å². The third-order valence-electron chi connectivity index (χ3n) is 2.20. The van der Waals surface area contributed by atoms with Gasteiger partial charge in [0.25, 0.3) is 0 Å². The van der Waals surface area contributed by atoms with Crippen molar-refractivity contribution in [1.29, 1.82) is 0 Å². The summed E-state index contributed by atoms with van der Waals surface area (Å²) in [6, 6.07) is 0. The average molecular weight is 273 g/mol. The van der Waals surface area contributed by atoms with E-state index in [4.69, 9.17) is 10.7 Å². The minimum Gasteiger partial charge on any atom is -0.229 e. The molecule has 1 saturated heterocycles. The number of allylic oxidation sites excluding steroid dienone is 1. The average Bonchev–Trinajstić information content (AvgIpc) is 1.99. The summed E-state index contributed by atoms with van der Waals surface area (Å²) in [5, 5.41) is 0. The molecule has 1 atom stereocenters. The Morgan fingerprint density at radius 2 is 2.07 bits per heavy atom. The van der Waals surface area contributed by atoms with Gasteiger partial charge in [0.2, 0.25) is 9.05 Å². The summed E-state index contributed by atoms with van der Waals surface area (Å²) in [6.07, 6.45) is 4.49. The van der Waals surface area contributed by atoms with E-state index in [2.05, 4.69) is 0 Å². The Kier molecular flexibility index (Phi) is 4.20. The summed E-state index contributed by atoms with van der Waals surface area (Å²) < 4.78 is 43.7. The fourth-order valence-electron chi connectivity index (χ4n) is 1.57. The normalized spacial score (nSPS) is 26.9. The van der Waals surface area contributed by atoms with Gasteiger partial charge in [0.15, 0.2) is 9.84 Å². The van der Waals surface area contributed by atoms with Crippen LogP contribution in [-0.4, -0.2) is 34.1 Å². The molecule has 0 radical (unpaired) electrons. The van der Waals surface area contributed by atoms with Crippen molar-refractivity contribution in [1.82, 2.24) is 0 Å². The summed E-state index contributed by atoms with van der Waals surface area (Å²) >= 11 is 0. The lowest BCUT2D eigenvalue weighted by atomic mass is 10.1. The van der Waals surface area contributed by atoms with E-state index in [0.29, 0.717) is 6.42 Å². The van der Waals surface area contributed by atoms with E-state index in [1.165, 1.54) is 6.08 Å². The van der Waals surface area contributed by atoms with Crippen molar-refractivity contribution in [3.8, 4) is 0 Å². The van der Waals surface area contributed by atoms with Gasteiger partial charge in [-0.3, -0.25) is 0 Å². The number of hydrogen-bond acceptors (Lipinski definition) is 4. The van der Waals surface area contributed by atoms with Crippen LogP contribution in [0.5, 0.6) is 0 Å². The van der Waals surface area contributed by atoms with Gasteiger partial charge in [0, 0.05) is 10.7 Å². The van der Waals surface area contributed by atoms with Gasteiger partial charge in [-0.1, -0.05) is 12.2 Å². The van der Waals surface area contributed by atoms with Crippen molar-refractivity contribution in [3.05, 3.63) is 12.2 Å². The van der Waals surface area contributed by atoms with Crippen LogP contribution in [0.2, 0.25) is 0 Å². The molecule has 7 heteroatoms. The van der Waals surface area contributed by atoms with E-state index in [0.717, 1.165) is 6.42 Å². The third kappa shape index (κ3) is 5.53. The number of hydrogen-bond donors (Lipinski definition) is 0. The lowest BCUT2D eigenvalue weighted by molar-refractivity contribution is 0.542. The smallest absolute Gasteiger partial charge is 0.229 e. The molecule has 0 spiro atoms. The monoisotopic (exact) mass is 272 g/mol. The van der Waals surface area contributed by atoms with Gasteiger partial charge < -0.3 is 0 Å². The highest BCUT2D eigenvalue weighted by molar-refractivity contribution is 8.13. The maximum atomic E-state index is 11.2. The molecule has 0 aromatic rings. The molecule has 0 aliphatic carbocycles. The SMILES string of the molecule is O=S(=O)(Cl)C/C=C/C1CCCS(=O)(=O)C1. The highest BCUT2D eigenvalue weighted by atomic mass is 35.7. The summed E-state index contributed by atoms with van der Waals surface area (Å²) in [6.45, 7) is 0. The van der Waals surface area contributed by atoms with Crippen LogP contribution in [-0.2, 0) is 18.9 Å². The quantitative estimate of drug-likeness (QED) is 0.566. The summed E-state index contributed by atoms with van der Waals surface area (Å²) in [7, 11) is -1.44. The number of rotatable bonds is 3. The van der Waals surface area contributed by atoms with Crippen molar-refractivity contribution in [2.45, 2.75) is 12.8 Å². The van der Waals surface area contributed by atoms with E-state index in [1.807, 2.05) is 0 Å². The zero-order chi connectivity index (χ0) is 11.5. The van der Waals surface area contributed by atoms with Gasteiger partial charge >= 0.3 is 0 Å². The first-order valence-corrected chi connectivity index (χ1v) is 8.88. The molecule has 0 N–H and O–H groups in total. The first kappa shape index (κ1) is 13.0. The molecule has 0 bridgehead atoms. The van der Waals surface area contributed by atoms with Crippen molar-refractivity contribution < 1.29 is 16.8 Å². The van der Waals surface area contributed by atoms with Crippen LogP contribution in [0.3, 0.4) is 0 Å². The summed E-state index contributed by atoms with van der Waals surface area (Å²) in [4.78, 5) is 0. The van der Waals surface area contributed by atoms with Crippen molar-refractivity contribution in [3.63, 3.8) is 0 Å². The minimum absolute atomic E-state index is 0.0674. The van der Waals surface area contributed by atoms with E-state index >= 15 is 0 Å². The van der Waals surface area contributed by atoms with Gasteiger partial charge in [-0.25, -0.2) is 16.8 Å². The molecular formula is C8H13ClO4S2. The van der Waals surface area contributed by atoms with Crippen LogP contribution in [0.4, 0.5) is 0 Å². The van der Waals surface area contributed by atoms with Gasteiger partial charge in [-0.15, -0.1) is 0 Å². The second-order valence-corrected chi connectivity index (χ2v) is 8.70. The molecule has 88 valence electrons. The number of sulfone groups is 1. The van der Waals surface area contributed by atoms with E-state index < -0.39 is 18.9 Å². The molecule has 0 aromatic heterocycles. The molecule has 4 nitrogen and oxygen atoms in total. The van der Waals surface area contributed by atoms with E-state index in [9.17, 15) is 16.8 Å².